The van der Waals surface area contributed by atoms with Crippen molar-refractivity contribution in [2.24, 2.45) is 0 Å². The second kappa shape index (κ2) is 14.3. The fourth-order valence-corrected chi connectivity index (χ4v) is 4.81. The van der Waals surface area contributed by atoms with E-state index in [4.69, 9.17) is 14.2 Å². The minimum absolute atomic E-state index is 0.0627. The second-order valence-electron chi connectivity index (χ2n) is 12.1. The number of rotatable bonds is 6. The molecule has 3 atom stereocenters. The molecule has 46 heavy (non-hydrogen) atoms. The minimum atomic E-state index is -1.32. The molecular weight excluding hydrogens is 596 g/mol. The lowest BCUT2D eigenvalue weighted by Gasteiger charge is -2.27. The highest BCUT2D eigenvalue weighted by Crippen LogP contribution is 2.34. The number of carbonyl (C=O) groups is 3. The molecule has 0 saturated carbocycles. The number of ether oxygens (including phenoxy) is 3. The van der Waals surface area contributed by atoms with Crippen LogP contribution < -0.4 is 25.4 Å². The molecule has 244 valence electrons. The Hall–Kier alpha value is -5.17. The van der Waals surface area contributed by atoms with Crippen molar-refractivity contribution >= 4 is 23.6 Å². The highest BCUT2D eigenvalue weighted by Gasteiger charge is 2.32. The summed E-state index contributed by atoms with van der Waals surface area (Å²) in [5.41, 5.74) is -0.0883. The molecule has 2 heterocycles. The van der Waals surface area contributed by atoms with Gasteiger partial charge in [-0.15, -0.1) is 0 Å². The third-order valence-electron chi connectivity index (χ3n) is 6.77. The number of aliphatic hydroxyl groups excluding tert-OH is 1. The van der Waals surface area contributed by atoms with E-state index >= 15 is 0 Å². The number of nitro groups is 1. The zero-order valence-corrected chi connectivity index (χ0v) is 26.2. The van der Waals surface area contributed by atoms with Crippen LogP contribution in [0.15, 0.2) is 66.7 Å². The van der Waals surface area contributed by atoms with Crippen LogP contribution in [0.25, 0.3) is 0 Å². The molecule has 0 unspecified atom stereocenters. The van der Waals surface area contributed by atoms with Gasteiger partial charge in [0, 0.05) is 12.5 Å². The molecule has 4 N–H and O–H groups in total. The zero-order chi connectivity index (χ0) is 33.6. The van der Waals surface area contributed by atoms with E-state index in [9.17, 15) is 29.6 Å². The average molecular weight is 635 g/mol. The summed E-state index contributed by atoms with van der Waals surface area (Å²) in [5.74, 6) is -0.782. The molecule has 0 fully saturated rings. The number of nitro benzene ring substituents is 1. The largest absolute Gasteiger partial charge is 0.491 e. The van der Waals surface area contributed by atoms with Gasteiger partial charge in [-0.25, -0.2) is 4.79 Å². The third-order valence-corrected chi connectivity index (χ3v) is 6.77. The first kappa shape index (κ1) is 33.7. The lowest BCUT2D eigenvalue weighted by atomic mass is 10.0. The van der Waals surface area contributed by atoms with Gasteiger partial charge in [0.2, 0.25) is 17.6 Å². The van der Waals surface area contributed by atoms with Gasteiger partial charge in [0.25, 0.3) is 0 Å². The van der Waals surface area contributed by atoms with Crippen LogP contribution in [0.4, 0.5) is 10.5 Å². The van der Waals surface area contributed by atoms with Crippen LogP contribution in [0.1, 0.15) is 63.4 Å². The number of hydrogen-bond donors (Lipinski definition) is 4. The highest BCUT2D eigenvalue weighted by molar-refractivity contribution is 5.92. The molecule has 0 radical (unpaired) electrons. The van der Waals surface area contributed by atoms with Crippen molar-refractivity contribution in [3.63, 3.8) is 0 Å². The monoisotopic (exact) mass is 634 g/mol. The summed E-state index contributed by atoms with van der Waals surface area (Å²) >= 11 is 0. The van der Waals surface area contributed by atoms with Crippen LogP contribution in [0.3, 0.4) is 0 Å². The van der Waals surface area contributed by atoms with E-state index in [2.05, 4.69) is 16.0 Å². The van der Waals surface area contributed by atoms with Gasteiger partial charge in [-0.05, 0) is 81.6 Å². The van der Waals surface area contributed by atoms with Crippen LogP contribution in [0, 0.1) is 10.1 Å². The summed E-state index contributed by atoms with van der Waals surface area (Å²) in [6.07, 6.45) is -1.25. The minimum Gasteiger partial charge on any atom is -0.491 e. The van der Waals surface area contributed by atoms with Gasteiger partial charge in [-0.3, -0.25) is 19.7 Å². The van der Waals surface area contributed by atoms with E-state index in [0.717, 1.165) is 0 Å². The van der Waals surface area contributed by atoms with Gasteiger partial charge >= 0.3 is 11.8 Å². The lowest BCUT2D eigenvalue weighted by molar-refractivity contribution is -0.385. The maximum absolute atomic E-state index is 13.9. The maximum atomic E-state index is 13.9. The van der Waals surface area contributed by atoms with Crippen molar-refractivity contribution in [3.05, 3.63) is 93.5 Å². The average Bonchev–Trinajstić information content (AvgIpc) is 2.97. The number of aliphatic hydroxyl groups is 1. The van der Waals surface area contributed by atoms with Gasteiger partial charge in [0.1, 0.15) is 29.2 Å². The first-order valence-electron chi connectivity index (χ1n) is 14.7. The van der Waals surface area contributed by atoms with E-state index in [1.807, 2.05) is 13.8 Å². The van der Waals surface area contributed by atoms with Crippen molar-refractivity contribution in [3.8, 4) is 17.2 Å². The Bertz CT molecular complexity index is 1600. The maximum Gasteiger partial charge on any atom is 0.408 e. The predicted octanol–water partition coefficient (Wildman–Crippen LogP) is 4.63. The first-order chi connectivity index (χ1) is 21.7. The smallest absolute Gasteiger partial charge is 0.408 e. The van der Waals surface area contributed by atoms with Gasteiger partial charge in [0.15, 0.2) is 0 Å². The number of nitrogens with one attached hydrogen (secondary N) is 3. The van der Waals surface area contributed by atoms with Crippen molar-refractivity contribution in [1.82, 2.24) is 16.0 Å². The second-order valence-corrected chi connectivity index (χ2v) is 12.1. The molecule has 2 aliphatic heterocycles. The van der Waals surface area contributed by atoms with Crippen molar-refractivity contribution in [2.75, 3.05) is 6.61 Å². The zero-order valence-electron chi connectivity index (χ0n) is 26.2. The Balaban J connectivity index is 1.83. The molecule has 0 aromatic heterocycles. The summed E-state index contributed by atoms with van der Waals surface area (Å²) in [7, 11) is 0. The number of carbonyl (C=O) groups excluding carboxylic acids is 3. The summed E-state index contributed by atoms with van der Waals surface area (Å²) in [6.45, 7) is 8.17. The van der Waals surface area contributed by atoms with Crippen LogP contribution in [-0.4, -0.2) is 52.3 Å². The van der Waals surface area contributed by atoms with Gasteiger partial charge in [0.05, 0.1) is 23.7 Å². The van der Waals surface area contributed by atoms with E-state index in [0.29, 0.717) is 22.4 Å². The van der Waals surface area contributed by atoms with Crippen LogP contribution in [-0.2, 0) is 20.7 Å². The molecule has 0 saturated heterocycles. The van der Waals surface area contributed by atoms with E-state index in [1.165, 1.54) is 12.1 Å². The van der Waals surface area contributed by atoms with Gasteiger partial charge < -0.3 is 35.3 Å². The molecule has 0 aliphatic carbocycles. The normalized spacial score (nSPS) is 18.6. The van der Waals surface area contributed by atoms with Crippen molar-refractivity contribution < 1.29 is 38.6 Å². The molecular formula is C33H38N4O9. The number of alkyl carbamates (subject to hydrolysis) is 1. The molecule has 3 amide bonds. The summed E-state index contributed by atoms with van der Waals surface area (Å²) in [5, 5.41) is 30.4. The third kappa shape index (κ3) is 8.94. The number of hydrogen-bond acceptors (Lipinski definition) is 9. The number of fused-ring (bicyclic) bond motifs is 9. The summed E-state index contributed by atoms with van der Waals surface area (Å²) < 4.78 is 17.1. The molecule has 3 aromatic rings. The molecule has 5 rings (SSSR count). The number of amides is 3. The molecule has 4 bridgehead atoms. The SMILES string of the molecule is CC(C)Oc1cccc([C@@H]2NC(=O)[C@H](NC(=O)OC(C)(C)C)Cc3ccc(c([N+](=O)[O-])c3)Oc3cccc(c3)[C@H](CO)NC2=O)c1. The van der Waals surface area contributed by atoms with Crippen LogP contribution >= 0.6 is 0 Å². The molecule has 2 aliphatic rings. The summed E-state index contributed by atoms with van der Waals surface area (Å²) in [6, 6.07) is 13.7. The Morgan fingerprint density at radius 2 is 1.76 bits per heavy atom. The Labute approximate surface area is 266 Å². The fourth-order valence-electron chi connectivity index (χ4n) is 4.81. The topological polar surface area (TPSA) is 178 Å². The quantitative estimate of drug-likeness (QED) is 0.222. The molecule has 3 aromatic carbocycles. The highest BCUT2D eigenvalue weighted by atomic mass is 16.6. The molecule has 0 spiro atoms. The number of nitrogens with zero attached hydrogens (tertiary/aromatic N) is 1. The van der Waals surface area contributed by atoms with Gasteiger partial charge in [-0.2, -0.15) is 0 Å². The van der Waals surface area contributed by atoms with Crippen molar-refractivity contribution in [1.29, 1.82) is 0 Å². The van der Waals surface area contributed by atoms with E-state index in [-0.39, 0.29) is 29.7 Å². The standard InChI is InChI=1S/C33H38N4O9/c1-19(2)44-23-10-7-9-22(17-23)29-31(40)34-26(18-38)21-8-6-11-24(16-21)45-28-13-12-20(15-27(28)37(42)43)14-25(30(39)36-29)35-32(41)46-33(3,4)5/h6-13,15-17,19,25-26,29,38H,14,18H2,1-5H3,(H,34,40)(H,35,41)(H,36,39)/t25-,26+,29+/m1/s1. The predicted molar refractivity (Wildman–Crippen MR) is 168 cm³/mol. The fraction of sp³-hybridized carbons (Fsp3) is 0.364. The Morgan fingerprint density at radius 3 is 2.43 bits per heavy atom. The van der Waals surface area contributed by atoms with E-state index in [1.54, 1.807) is 75.4 Å². The Morgan fingerprint density at radius 1 is 1.04 bits per heavy atom. The molecule has 13 nitrogen and oxygen atoms in total. The summed E-state index contributed by atoms with van der Waals surface area (Å²) in [4.78, 5) is 52.1. The number of benzene rings is 3. The van der Waals surface area contributed by atoms with Crippen LogP contribution in [0.5, 0.6) is 17.2 Å². The first-order valence-corrected chi connectivity index (χ1v) is 14.7. The van der Waals surface area contributed by atoms with Gasteiger partial charge in [-0.1, -0.05) is 30.3 Å². The van der Waals surface area contributed by atoms with Crippen LogP contribution in [0.2, 0.25) is 0 Å². The lowest BCUT2D eigenvalue weighted by Crippen LogP contribution is -2.52. The van der Waals surface area contributed by atoms with E-state index < -0.39 is 53.2 Å². The Kier molecular flexibility index (Phi) is 10.5. The molecule has 13 heteroatoms. The van der Waals surface area contributed by atoms with Crippen molar-refractivity contribution in [2.45, 2.75) is 70.9 Å².